The molecule has 0 atom stereocenters. The Bertz CT molecular complexity index is 599. The number of hydrogen-bond acceptors (Lipinski definition) is 5. The number of nitrogen functional groups attached to an aromatic ring is 1. The Morgan fingerprint density at radius 1 is 1.43 bits per heavy atom. The van der Waals surface area contributed by atoms with Crippen LogP contribution in [0.15, 0.2) is 35.1 Å². The number of carbonyl (C=O) groups excluding carboxylic acids is 1. The van der Waals surface area contributed by atoms with Gasteiger partial charge in [0.2, 0.25) is 11.9 Å². The minimum absolute atomic E-state index is 0.0840. The van der Waals surface area contributed by atoms with Gasteiger partial charge < -0.3 is 15.4 Å². The fourth-order valence-corrected chi connectivity index (χ4v) is 1.86. The number of nitrogens with two attached hydrogens (primary N) is 1. The molecule has 0 saturated heterocycles. The Balaban J connectivity index is 1.74. The SMILES string of the molecule is CN(CCOc1ccc(Br)cc1)C(=O)Cn1cnc(N)n1. The first-order valence-corrected chi connectivity index (χ1v) is 7.11. The Morgan fingerprint density at radius 3 is 2.76 bits per heavy atom. The van der Waals surface area contributed by atoms with Crippen molar-refractivity contribution in [1.82, 2.24) is 19.7 Å². The summed E-state index contributed by atoms with van der Waals surface area (Å²) in [6.07, 6.45) is 1.43. The first kappa shape index (κ1) is 15.3. The van der Waals surface area contributed by atoms with Gasteiger partial charge in [0.15, 0.2) is 0 Å². The van der Waals surface area contributed by atoms with Crippen LogP contribution in [0.3, 0.4) is 0 Å². The highest BCUT2D eigenvalue weighted by molar-refractivity contribution is 9.10. The van der Waals surface area contributed by atoms with Crippen LogP contribution in [0, 0.1) is 0 Å². The quantitative estimate of drug-likeness (QED) is 0.841. The van der Waals surface area contributed by atoms with Crippen molar-refractivity contribution in [3.63, 3.8) is 0 Å². The van der Waals surface area contributed by atoms with E-state index in [1.807, 2.05) is 24.3 Å². The number of anilines is 1. The second-order valence-electron chi connectivity index (χ2n) is 4.42. The van der Waals surface area contributed by atoms with Gasteiger partial charge in [-0.2, -0.15) is 0 Å². The average molecular weight is 354 g/mol. The lowest BCUT2D eigenvalue weighted by Gasteiger charge is -2.17. The van der Waals surface area contributed by atoms with Crippen molar-refractivity contribution in [3.8, 4) is 5.75 Å². The van der Waals surface area contributed by atoms with E-state index in [1.165, 1.54) is 11.0 Å². The highest BCUT2D eigenvalue weighted by Crippen LogP contribution is 2.15. The molecule has 0 aliphatic heterocycles. The minimum atomic E-state index is -0.0840. The van der Waals surface area contributed by atoms with Gasteiger partial charge in [-0.25, -0.2) is 9.67 Å². The summed E-state index contributed by atoms with van der Waals surface area (Å²) >= 11 is 3.36. The number of hydrogen-bond donors (Lipinski definition) is 1. The predicted molar refractivity (Wildman–Crippen MR) is 81.7 cm³/mol. The molecule has 1 heterocycles. The molecule has 1 aromatic carbocycles. The number of benzene rings is 1. The molecule has 7 nitrogen and oxygen atoms in total. The number of aromatic nitrogens is 3. The highest BCUT2D eigenvalue weighted by atomic mass is 79.9. The van der Waals surface area contributed by atoms with E-state index in [0.717, 1.165) is 10.2 Å². The smallest absolute Gasteiger partial charge is 0.244 e. The maximum absolute atomic E-state index is 11.9. The van der Waals surface area contributed by atoms with E-state index in [4.69, 9.17) is 10.5 Å². The summed E-state index contributed by atoms with van der Waals surface area (Å²) in [7, 11) is 1.72. The molecule has 0 spiro atoms. The molecular weight excluding hydrogens is 338 g/mol. The molecule has 1 aromatic heterocycles. The lowest BCUT2D eigenvalue weighted by atomic mass is 10.3. The summed E-state index contributed by atoms with van der Waals surface area (Å²) in [5.74, 6) is 0.839. The number of likely N-dealkylation sites (N-methyl/N-ethyl adjacent to an activating group) is 1. The van der Waals surface area contributed by atoms with Gasteiger partial charge in [0.1, 0.15) is 25.2 Å². The van der Waals surface area contributed by atoms with Gasteiger partial charge in [-0.15, -0.1) is 5.10 Å². The van der Waals surface area contributed by atoms with Gasteiger partial charge in [-0.3, -0.25) is 4.79 Å². The van der Waals surface area contributed by atoms with Crippen molar-refractivity contribution in [2.75, 3.05) is 25.9 Å². The number of rotatable bonds is 6. The van der Waals surface area contributed by atoms with Gasteiger partial charge >= 0.3 is 0 Å². The summed E-state index contributed by atoms with van der Waals surface area (Å²) in [6.45, 7) is 1.02. The first-order valence-electron chi connectivity index (χ1n) is 6.32. The van der Waals surface area contributed by atoms with E-state index in [1.54, 1.807) is 11.9 Å². The highest BCUT2D eigenvalue weighted by Gasteiger charge is 2.10. The van der Waals surface area contributed by atoms with Crippen LogP contribution >= 0.6 is 15.9 Å². The summed E-state index contributed by atoms with van der Waals surface area (Å²) < 4.78 is 7.97. The molecule has 0 fully saturated rings. The van der Waals surface area contributed by atoms with E-state index in [2.05, 4.69) is 26.0 Å². The van der Waals surface area contributed by atoms with Crippen LogP contribution in [-0.2, 0) is 11.3 Å². The van der Waals surface area contributed by atoms with Gasteiger partial charge in [-0.05, 0) is 24.3 Å². The summed E-state index contributed by atoms with van der Waals surface area (Å²) in [4.78, 5) is 17.3. The molecule has 0 aliphatic rings. The molecule has 0 radical (unpaired) electrons. The molecule has 8 heteroatoms. The first-order chi connectivity index (χ1) is 10.0. The fourth-order valence-electron chi connectivity index (χ4n) is 1.60. The van der Waals surface area contributed by atoms with Gasteiger partial charge in [0, 0.05) is 11.5 Å². The third-order valence-electron chi connectivity index (χ3n) is 2.79. The topological polar surface area (TPSA) is 86.3 Å². The lowest BCUT2D eigenvalue weighted by Crippen LogP contribution is -2.33. The second kappa shape index (κ2) is 7.07. The van der Waals surface area contributed by atoms with Crippen LogP contribution in [0.25, 0.3) is 0 Å². The molecule has 2 rings (SSSR count). The molecule has 0 saturated carbocycles. The zero-order chi connectivity index (χ0) is 15.2. The summed E-state index contributed by atoms with van der Waals surface area (Å²) in [6, 6.07) is 7.53. The molecule has 2 N–H and O–H groups in total. The van der Waals surface area contributed by atoms with E-state index in [9.17, 15) is 4.79 Å². The summed E-state index contributed by atoms with van der Waals surface area (Å²) in [5, 5.41) is 3.87. The predicted octanol–water partition coefficient (Wildman–Crippen LogP) is 1.16. The second-order valence-corrected chi connectivity index (χ2v) is 5.33. The van der Waals surface area contributed by atoms with Crippen LogP contribution in [0.4, 0.5) is 5.95 Å². The van der Waals surface area contributed by atoms with Crippen molar-refractivity contribution in [2.24, 2.45) is 0 Å². The monoisotopic (exact) mass is 353 g/mol. The lowest BCUT2D eigenvalue weighted by molar-refractivity contribution is -0.131. The molecule has 0 aliphatic carbocycles. The van der Waals surface area contributed by atoms with Crippen molar-refractivity contribution < 1.29 is 9.53 Å². The largest absolute Gasteiger partial charge is 0.492 e. The number of amides is 1. The normalized spacial score (nSPS) is 10.4. The zero-order valence-electron chi connectivity index (χ0n) is 11.6. The van der Waals surface area contributed by atoms with Crippen LogP contribution < -0.4 is 10.5 Å². The number of nitrogens with zero attached hydrogens (tertiary/aromatic N) is 4. The number of halogens is 1. The van der Waals surface area contributed by atoms with Crippen LogP contribution in [0.5, 0.6) is 5.75 Å². The molecule has 1 amide bonds. The molecule has 112 valence electrons. The van der Waals surface area contributed by atoms with Gasteiger partial charge in [0.05, 0.1) is 6.54 Å². The van der Waals surface area contributed by atoms with Crippen molar-refractivity contribution in [1.29, 1.82) is 0 Å². The standard InChI is InChI=1S/C13H16BrN5O2/c1-18(12(20)8-19-9-16-13(15)17-19)6-7-21-11-4-2-10(14)3-5-11/h2-5,9H,6-8H2,1H3,(H2,15,17). The maximum Gasteiger partial charge on any atom is 0.244 e. The van der Waals surface area contributed by atoms with Gasteiger partial charge in [-0.1, -0.05) is 15.9 Å². The molecule has 0 unspecified atom stereocenters. The molecular formula is C13H16BrN5O2. The maximum atomic E-state index is 11.9. The Morgan fingerprint density at radius 2 is 2.14 bits per heavy atom. The van der Waals surface area contributed by atoms with E-state index >= 15 is 0 Å². The van der Waals surface area contributed by atoms with Crippen molar-refractivity contribution >= 4 is 27.8 Å². The van der Waals surface area contributed by atoms with Gasteiger partial charge in [0.25, 0.3) is 0 Å². The number of carbonyl (C=O) groups is 1. The third-order valence-corrected chi connectivity index (χ3v) is 3.31. The van der Waals surface area contributed by atoms with Crippen molar-refractivity contribution in [2.45, 2.75) is 6.54 Å². The third kappa shape index (κ3) is 4.75. The van der Waals surface area contributed by atoms with Crippen LogP contribution in [0.2, 0.25) is 0 Å². The van der Waals surface area contributed by atoms with Crippen LogP contribution in [0.1, 0.15) is 0 Å². The Hall–Kier alpha value is -2.09. The van der Waals surface area contributed by atoms with Crippen molar-refractivity contribution in [3.05, 3.63) is 35.1 Å². The Labute approximate surface area is 130 Å². The Kier molecular flexibility index (Phi) is 5.15. The minimum Gasteiger partial charge on any atom is -0.492 e. The average Bonchev–Trinajstić information content (AvgIpc) is 2.86. The zero-order valence-corrected chi connectivity index (χ0v) is 13.2. The van der Waals surface area contributed by atoms with Crippen LogP contribution in [-0.4, -0.2) is 45.8 Å². The van der Waals surface area contributed by atoms with E-state index in [0.29, 0.717) is 13.2 Å². The van der Waals surface area contributed by atoms with E-state index < -0.39 is 0 Å². The van der Waals surface area contributed by atoms with E-state index in [-0.39, 0.29) is 18.4 Å². The summed E-state index contributed by atoms with van der Waals surface area (Å²) in [5.41, 5.74) is 5.39. The molecule has 2 aromatic rings. The molecule has 0 bridgehead atoms. The number of ether oxygens (including phenoxy) is 1. The fraction of sp³-hybridized carbons (Fsp3) is 0.308. The molecule has 21 heavy (non-hydrogen) atoms.